The highest BCUT2D eigenvalue weighted by Gasteiger charge is 2.35. The molecule has 1 aliphatic rings. The second kappa shape index (κ2) is 9.16. The van der Waals surface area contributed by atoms with Crippen molar-refractivity contribution in [1.29, 1.82) is 0 Å². The molecule has 0 saturated carbocycles. The summed E-state index contributed by atoms with van der Waals surface area (Å²) in [4.78, 5) is 24.0. The number of carbonyl (C=O) groups is 2. The van der Waals surface area contributed by atoms with E-state index in [1.54, 1.807) is 19.1 Å². The average Bonchev–Trinajstić information content (AvgIpc) is 3.03. The Morgan fingerprint density at radius 1 is 0.848 bits per heavy atom. The van der Waals surface area contributed by atoms with Crippen molar-refractivity contribution in [2.75, 3.05) is 18.4 Å². The quantitative estimate of drug-likeness (QED) is 0.279. The van der Waals surface area contributed by atoms with Crippen molar-refractivity contribution < 1.29 is 9.59 Å². The number of thiocarbonyl (C=S) groups is 1. The van der Waals surface area contributed by atoms with Gasteiger partial charge in [-0.15, -0.1) is 0 Å². The standard InChI is InChI=1S/C27H27N3O2S/c1-17(31)19-9-11-21-22-12-10-20(16-24(22)27(2,3)23(21)15-19)28-13-14-29-26(33)30-25(32)18-7-5-4-6-8-18/h4-12,15-16,28H,13-14H2,1-3H3,(H2,29,30,32,33). The molecule has 0 spiro atoms. The van der Waals surface area contributed by atoms with Crippen LogP contribution in [0.25, 0.3) is 11.1 Å². The van der Waals surface area contributed by atoms with E-state index < -0.39 is 0 Å². The summed E-state index contributed by atoms with van der Waals surface area (Å²) in [5.74, 6) is -0.147. The largest absolute Gasteiger partial charge is 0.383 e. The van der Waals surface area contributed by atoms with E-state index in [4.69, 9.17) is 12.2 Å². The molecule has 3 aromatic rings. The van der Waals surface area contributed by atoms with Crippen LogP contribution in [0.4, 0.5) is 5.69 Å². The first-order chi connectivity index (χ1) is 15.8. The zero-order valence-electron chi connectivity index (χ0n) is 19.0. The predicted molar refractivity (Wildman–Crippen MR) is 137 cm³/mol. The number of hydrogen-bond acceptors (Lipinski definition) is 4. The molecule has 0 bridgehead atoms. The monoisotopic (exact) mass is 457 g/mol. The summed E-state index contributed by atoms with van der Waals surface area (Å²) in [6.07, 6.45) is 0. The van der Waals surface area contributed by atoms with Crippen molar-refractivity contribution in [3.63, 3.8) is 0 Å². The highest BCUT2D eigenvalue weighted by Crippen LogP contribution is 2.49. The van der Waals surface area contributed by atoms with Gasteiger partial charge < -0.3 is 10.6 Å². The summed E-state index contributed by atoms with van der Waals surface area (Å²) in [5, 5.41) is 9.47. The number of benzene rings is 3. The van der Waals surface area contributed by atoms with E-state index in [-0.39, 0.29) is 17.1 Å². The van der Waals surface area contributed by atoms with Crippen LogP contribution in [-0.2, 0) is 5.41 Å². The van der Waals surface area contributed by atoms with E-state index in [0.717, 1.165) is 11.3 Å². The highest BCUT2D eigenvalue weighted by atomic mass is 32.1. The molecule has 5 nitrogen and oxygen atoms in total. The maximum atomic E-state index is 12.2. The van der Waals surface area contributed by atoms with E-state index >= 15 is 0 Å². The number of hydrogen-bond donors (Lipinski definition) is 3. The van der Waals surface area contributed by atoms with Crippen molar-refractivity contribution in [1.82, 2.24) is 10.6 Å². The van der Waals surface area contributed by atoms with Crippen LogP contribution in [0, 0.1) is 0 Å². The molecular formula is C27H27N3O2S. The SMILES string of the molecule is CC(=O)c1ccc2c(c1)C(C)(C)c1cc(NCCNC(=S)NC(=O)c3ccccc3)ccc1-2. The molecule has 6 heteroatoms. The normalized spacial score (nSPS) is 12.9. The number of amides is 1. The number of Topliss-reactive ketones (excluding diaryl/α,β-unsaturated/α-hetero) is 1. The zero-order valence-corrected chi connectivity index (χ0v) is 19.8. The third kappa shape index (κ3) is 4.66. The van der Waals surface area contributed by atoms with Gasteiger partial charge in [0.1, 0.15) is 0 Å². The van der Waals surface area contributed by atoms with E-state index in [1.807, 2.05) is 30.3 Å². The van der Waals surface area contributed by atoms with Crippen molar-refractivity contribution in [2.24, 2.45) is 0 Å². The number of anilines is 1. The Kier molecular flexibility index (Phi) is 6.29. The van der Waals surface area contributed by atoms with Gasteiger partial charge in [0.25, 0.3) is 5.91 Å². The first-order valence-corrected chi connectivity index (χ1v) is 11.4. The molecule has 0 heterocycles. The Morgan fingerprint density at radius 3 is 2.21 bits per heavy atom. The number of fused-ring (bicyclic) bond motifs is 3. The van der Waals surface area contributed by atoms with Crippen LogP contribution in [0.15, 0.2) is 66.7 Å². The van der Waals surface area contributed by atoms with Gasteiger partial charge in [0, 0.05) is 35.3 Å². The molecule has 0 saturated heterocycles. The molecule has 0 atom stereocenters. The Morgan fingerprint density at radius 2 is 1.52 bits per heavy atom. The molecule has 0 radical (unpaired) electrons. The molecule has 0 aromatic heterocycles. The molecule has 33 heavy (non-hydrogen) atoms. The van der Waals surface area contributed by atoms with Crippen molar-refractivity contribution >= 4 is 34.7 Å². The second-order valence-corrected chi connectivity index (χ2v) is 9.11. The average molecular weight is 458 g/mol. The summed E-state index contributed by atoms with van der Waals surface area (Å²) in [6.45, 7) is 7.20. The molecule has 0 aliphatic heterocycles. The fourth-order valence-electron chi connectivity index (χ4n) is 4.26. The van der Waals surface area contributed by atoms with Gasteiger partial charge in [-0.3, -0.25) is 14.9 Å². The van der Waals surface area contributed by atoms with Gasteiger partial charge in [-0.05, 0) is 71.7 Å². The molecule has 0 unspecified atom stereocenters. The Bertz CT molecular complexity index is 1240. The number of ketones is 1. The third-order valence-electron chi connectivity index (χ3n) is 6.09. The van der Waals surface area contributed by atoms with Crippen LogP contribution in [0.2, 0.25) is 0 Å². The fraction of sp³-hybridized carbons (Fsp3) is 0.222. The van der Waals surface area contributed by atoms with Crippen molar-refractivity contribution in [3.05, 3.63) is 89.0 Å². The van der Waals surface area contributed by atoms with Gasteiger partial charge in [-0.1, -0.05) is 50.2 Å². The summed E-state index contributed by atoms with van der Waals surface area (Å²) >= 11 is 5.23. The van der Waals surface area contributed by atoms with Gasteiger partial charge >= 0.3 is 0 Å². The zero-order chi connectivity index (χ0) is 23.6. The maximum Gasteiger partial charge on any atom is 0.257 e. The van der Waals surface area contributed by atoms with Crippen LogP contribution < -0.4 is 16.0 Å². The second-order valence-electron chi connectivity index (χ2n) is 8.70. The topological polar surface area (TPSA) is 70.2 Å². The minimum Gasteiger partial charge on any atom is -0.383 e. The lowest BCUT2D eigenvalue weighted by molar-refractivity contribution is 0.0975. The van der Waals surface area contributed by atoms with Gasteiger partial charge in [0.15, 0.2) is 10.9 Å². The third-order valence-corrected chi connectivity index (χ3v) is 6.33. The molecule has 1 aliphatic carbocycles. The predicted octanol–water partition coefficient (Wildman–Crippen LogP) is 4.91. The molecule has 0 fully saturated rings. The van der Waals surface area contributed by atoms with Gasteiger partial charge in [0.05, 0.1) is 0 Å². The number of carbonyl (C=O) groups excluding carboxylic acids is 2. The van der Waals surface area contributed by atoms with E-state index in [9.17, 15) is 9.59 Å². The van der Waals surface area contributed by atoms with Gasteiger partial charge in [0.2, 0.25) is 0 Å². The summed E-state index contributed by atoms with van der Waals surface area (Å²) in [6, 6.07) is 21.4. The van der Waals surface area contributed by atoms with Crippen molar-refractivity contribution in [2.45, 2.75) is 26.2 Å². The minimum absolute atomic E-state index is 0.0808. The highest BCUT2D eigenvalue weighted by molar-refractivity contribution is 7.80. The lowest BCUT2D eigenvalue weighted by Crippen LogP contribution is -2.41. The fourth-order valence-corrected chi connectivity index (χ4v) is 4.45. The first kappa shape index (κ1) is 22.7. The maximum absolute atomic E-state index is 12.2. The van der Waals surface area contributed by atoms with Crippen LogP contribution in [-0.4, -0.2) is 29.9 Å². The number of nitrogens with one attached hydrogen (secondary N) is 3. The van der Waals surface area contributed by atoms with Crippen LogP contribution in [0.5, 0.6) is 0 Å². The van der Waals surface area contributed by atoms with Crippen LogP contribution in [0.3, 0.4) is 0 Å². The van der Waals surface area contributed by atoms with E-state index in [1.165, 1.54) is 22.3 Å². The molecular weight excluding hydrogens is 430 g/mol. The van der Waals surface area contributed by atoms with Crippen LogP contribution >= 0.6 is 12.2 Å². The van der Waals surface area contributed by atoms with Crippen molar-refractivity contribution in [3.8, 4) is 11.1 Å². The van der Waals surface area contributed by atoms with Gasteiger partial charge in [-0.2, -0.15) is 0 Å². The Hall–Kier alpha value is -3.51. The molecule has 3 aromatic carbocycles. The van der Waals surface area contributed by atoms with Crippen LogP contribution in [0.1, 0.15) is 52.6 Å². The minimum atomic E-state index is -0.227. The van der Waals surface area contributed by atoms with Gasteiger partial charge in [-0.25, -0.2) is 0 Å². The van der Waals surface area contributed by atoms with E-state index in [2.05, 4.69) is 54.1 Å². The lowest BCUT2D eigenvalue weighted by Gasteiger charge is -2.22. The Labute approximate surface area is 199 Å². The first-order valence-electron chi connectivity index (χ1n) is 11.0. The number of rotatable bonds is 6. The lowest BCUT2D eigenvalue weighted by atomic mass is 9.81. The molecule has 168 valence electrons. The molecule has 3 N–H and O–H groups in total. The molecule has 1 amide bonds. The van der Waals surface area contributed by atoms with E-state index in [0.29, 0.717) is 23.8 Å². The summed E-state index contributed by atoms with van der Waals surface area (Å²) < 4.78 is 0. The Balaban J connectivity index is 1.35. The molecule has 4 rings (SSSR count). The summed E-state index contributed by atoms with van der Waals surface area (Å²) in [7, 11) is 0. The summed E-state index contributed by atoms with van der Waals surface area (Å²) in [5.41, 5.74) is 6.96. The smallest absolute Gasteiger partial charge is 0.257 e.